The molecule has 4 rings (SSSR count). The summed E-state index contributed by atoms with van der Waals surface area (Å²) in [6.07, 6.45) is 0.987. The van der Waals surface area contributed by atoms with Gasteiger partial charge in [-0.05, 0) is 62.9 Å². The van der Waals surface area contributed by atoms with Crippen molar-refractivity contribution in [2.75, 3.05) is 20.6 Å². The maximum Gasteiger partial charge on any atom is 0.255 e. The molecular weight excluding hydrogens is 490 g/mol. The minimum Gasteiger partial charge on any atom is -0.510 e. The number of Topliss-reactive ketones (excluding diaryl/α,β-unsaturated/α-hetero) is 2. The van der Waals surface area contributed by atoms with Gasteiger partial charge in [-0.15, -0.1) is 0 Å². The minimum atomic E-state index is -2.63. The number of primary amides is 1. The van der Waals surface area contributed by atoms with Crippen molar-refractivity contribution >= 4 is 17.5 Å². The molecule has 0 heterocycles. The second-order valence-electron chi connectivity index (χ2n) is 11.2. The molecule has 4 atom stereocenters. The third kappa shape index (κ3) is 4.02. The van der Waals surface area contributed by atoms with Gasteiger partial charge in [0.1, 0.15) is 22.8 Å². The number of ketones is 2. The van der Waals surface area contributed by atoms with Crippen LogP contribution in [-0.2, 0) is 29.0 Å². The van der Waals surface area contributed by atoms with E-state index in [-0.39, 0.29) is 23.3 Å². The summed E-state index contributed by atoms with van der Waals surface area (Å²) in [5, 5.41) is 48.4. The number of nitrogens with zero attached hydrogens (tertiary/aromatic N) is 1. The summed E-state index contributed by atoms with van der Waals surface area (Å²) < 4.78 is 0. The summed E-state index contributed by atoms with van der Waals surface area (Å²) >= 11 is 0. The van der Waals surface area contributed by atoms with Crippen molar-refractivity contribution in [2.24, 2.45) is 23.5 Å². The topological polar surface area (TPSA) is 173 Å². The molecule has 0 aromatic heterocycles. The highest BCUT2D eigenvalue weighted by Gasteiger charge is 2.63. The molecule has 7 N–H and O–H groups in total. The van der Waals surface area contributed by atoms with Gasteiger partial charge in [0.05, 0.1) is 11.6 Å². The number of fused-ring (bicyclic) bond motifs is 3. The Hall–Kier alpha value is -3.21. The number of nitrogens with two attached hydrogens (primary N) is 1. The quantitative estimate of drug-likeness (QED) is 0.287. The number of hydrogen-bond acceptors (Lipinski definition) is 9. The van der Waals surface area contributed by atoms with E-state index in [1.165, 1.54) is 4.90 Å². The first-order valence-electron chi connectivity index (χ1n) is 13.0. The zero-order chi connectivity index (χ0) is 28.3. The zero-order valence-electron chi connectivity index (χ0n) is 22.5. The average molecular weight is 528 g/mol. The van der Waals surface area contributed by atoms with Gasteiger partial charge < -0.3 is 31.5 Å². The van der Waals surface area contributed by atoms with E-state index in [0.717, 1.165) is 5.56 Å². The molecule has 0 radical (unpaired) electrons. The lowest BCUT2D eigenvalue weighted by Crippen LogP contribution is -2.63. The summed E-state index contributed by atoms with van der Waals surface area (Å²) in [4.78, 5) is 40.9. The van der Waals surface area contributed by atoms with Crippen molar-refractivity contribution in [1.29, 1.82) is 0 Å². The lowest BCUT2D eigenvalue weighted by Gasteiger charge is -2.50. The predicted molar refractivity (Wildman–Crippen MR) is 140 cm³/mol. The number of aryl methyl sites for hydroxylation is 1. The second kappa shape index (κ2) is 9.83. The van der Waals surface area contributed by atoms with Crippen LogP contribution in [0.1, 0.15) is 54.2 Å². The number of amides is 1. The average Bonchev–Trinajstić information content (AvgIpc) is 2.82. The van der Waals surface area contributed by atoms with E-state index in [0.29, 0.717) is 43.0 Å². The Balaban J connectivity index is 1.89. The number of aliphatic hydroxyl groups is 3. The van der Waals surface area contributed by atoms with Crippen LogP contribution in [0.15, 0.2) is 28.7 Å². The maximum atomic E-state index is 13.9. The zero-order valence-corrected chi connectivity index (χ0v) is 22.5. The lowest BCUT2D eigenvalue weighted by molar-refractivity contribution is -0.148. The lowest BCUT2D eigenvalue weighted by atomic mass is 9.58. The molecule has 0 saturated heterocycles. The highest BCUT2D eigenvalue weighted by molar-refractivity contribution is 6.24. The minimum absolute atomic E-state index is 0.0616. The number of rotatable bonds is 7. The number of aromatic hydroxyl groups is 1. The van der Waals surface area contributed by atoms with Gasteiger partial charge in [0.15, 0.2) is 11.4 Å². The Morgan fingerprint density at radius 3 is 2.42 bits per heavy atom. The van der Waals surface area contributed by atoms with Gasteiger partial charge >= 0.3 is 0 Å². The van der Waals surface area contributed by atoms with E-state index in [1.54, 1.807) is 14.1 Å². The van der Waals surface area contributed by atoms with Crippen LogP contribution >= 0.6 is 0 Å². The van der Waals surface area contributed by atoms with Crippen molar-refractivity contribution in [1.82, 2.24) is 10.2 Å². The highest BCUT2D eigenvalue weighted by Crippen LogP contribution is 2.52. The van der Waals surface area contributed by atoms with E-state index in [9.17, 15) is 34.8 Å². The molecule has 0 unspecified atom stereocenters. The Kier molecular flexibility index (Phi) is 7.20. The van der Waals surface area contributed by atoms with Gasteiger partial charge in [0.25, 0.3) is 5.91 Å². The number of phenolic OH excluding ortho intramolecular Hbond substituents is 1. The first-order chi connectivity index (χ1) is 17.8. The van der Waals surface area contributed by atoms with E-state index in [2.05, 4.69) is 19.2 Å². The molecule has 0 bridgehead atoms. The number of nitrogens with one attached hydrogen (secondary N) is 1. The number of hydrogen-bond donors (Lipinski definition) is 6. The van der Waals surface area contributed by atoms with E-state index in [4.69, 9.17) is 5.73 Å². The van der Waals surface area contributed by atoms with Crippen molar-refractivity contribution in [3.63, 3.8) is 0 Å². The Morgan fingerprint density at radius 2 is 1.87 bits per heavy atom. The van der Waals surface area contributed by atoms with Gasteiger partial charge in [-0.25, -0.2) is 0 Å². The third-order valence-corrected chi connectivity index (χ3v) is 8.14. The number of allylic oxidation sites excluding steroid dienone is 1. The maximum absolute atomic E-state index is 13.9. The van der Waals surface area contributed by atoms with Gasteiger partial charge in [-0.3, -0.25) is 19.3 Å². The van der Waals surface area contributed by atoms with Crippen molar-refractivity contribution < 1.29 is 34.8 Å². The van der Waals surface area contributed by atoms with Gasteiger partial charge in [-0.1, -0.05) is 26.8 Å². The molecule has 3 aliphatic carbocycles. The summed E-state index contributed by atoms with van der Waals surface area (Å²) in [5.74, 6) is -5.98. The highest BCUT2D eigenvalue weighted by atomic mass is 16.3. The van der Waals surface area contributed by atoms with Gasteiger partial charge in [0.2, 0.25) is 5.78 Å². The standard InChI is InChI=1S/C28H37N3O7/c1-6-13-7-15(11-30-10-12(2)3)22(32)19-16(13)8-14-9-17-21(31(4)5)24(34)20(27(29)37)26(36)28(17,38)25(35)18(14)23(19)33/h7,12,14,17,21,30,32,34-35,38H,6,8-11H2,1-5H3,(H2,29,37)/t14-,17-,21-,28-/m0/s1. The van der Waals surface area contributed by atoms with E-state index >= 15 is 0 Å². The van der Waals surface area contributed by atoms with Gasteiger partial charge in [-0.2, -0.15) is 0 Å². The molecule has 1 aromatic rings. The molecule has 38 heavy (non-hydrogen) atoms. The first-order valence-corrected chi connectivity index (χ1v) is 13.0. The Morgan fingerprint density at radius 1 is 1.21 bits per heavy atom. The molecule has 1 amide bonds. The largest absolute Gasteiger partial charge is 0.510 e. The van der Waals surface area contributed by atoms with Crippen molar-refractivity contribution in [3.8, 4) is 5.75 Å². The van der Waals surface area contributed by atoms with Crippen LogP contribution in [-0.4, -0.2) is 75.1 Å². The number of aliphatic hydroxyl groups excluding tert-OH is 2. The fourth-order valence-electron chi connectivity index (χ4n) is 6.40. The summed E-state index contributed by atoms with van der Waals surface area (Å²) in [6, 6.07) is 0.886. The fraction of sp³-hybridized carbons (Fsp3) is 0.536. The molecular formula is C28H37N3O7. The van der Waals surface area contributed by atoms with Crippen LogP contribution in [0, 0.1) is 17.8 Å². The number of carbonyl (C=O) groups excluding carboxylic acids is 3. The number of phenols is 1. The number of benzene rings is 1. The SMILES string of the molecule is CCc1cc(CNCC(C)C)c(O)c2c1C[C@H]1C[C@H]3[C@H](N(C)C)C(O)=C(C(N)=O)C(=O)[C@@]3(O)C(O)=C1C2=O. The van der Waals surface area contributed by atoms with Crippen LogP contribution in [0.2, 0.25) is 0 Å². The first kappa shape index (κ1) is 27.8. The van der Waals surface area contributed by atoms with Crippen LogP contribution in [0.25, 0.3) is 0 Å². The second-order valence-corrected chi connectivity index (χ2v) is 11.2. The smallest absolute Gasteiger partial charge is 0.255 e. The van der Waals surface area contributed by atoms with E-state index < -0.39 is 58.0 Å². The summed E-state index contributed by atoms with van der Waals surface area (Å²) in [7, 11) is 3.21. The Labute approximate surface area is 221 Å². The molecule has 206 valence electrons. The van der Waals surface area contributed by atoms with Crippen LogP contribution in [0.3, 0.4) is 0 Å². The summed E-state index contributed by atoms with van der Waals surface area (Å²) in [6.45, 7) is 7.13. The van der Waals surface area contributed by atoms with Crippen LogP contribution in [0.4, 0.5) is 0 Å². The molecule has 0 spiro atoms. The Bertz CT molecular complexity index is 1280. The van der Waals surface area contributed by atoms with Crippen molar-refractivity contribution in [2.45, 2.75) is 58.2 Å². The third-order valence-electron chi connectivity index (χ3n) is 8.14. The van der Waals surface area contributed by atoms with Crippen LogP contribution < -0.4 is 11.1 Å². The molecule has 10 nitrogen and oxygen atoms in total. The fourth-order valence-corrected chi connectivity index (χ4v) is 6.40. The normalized spacial score (nSPS) is 27.1. The number of carbonyl (C=O) groups is 3. The van der Waals surface area contributed by atoms with E-state index in [1.807, 2.05) is 13.0 Å². The molecule has 1 aromatic carbocycles. The molecule has 0 fully saturated rings. The predicted octanol–water partition coefficient (Wildman–Crippen LogP) is 1.43. The van der Waals surface area contributed by atoms with Crippen molar-refractivity contribution in [3.05, 3.63) is 51.0 Å². The van der Waals surface area contributed by atoms with Gasteiger partial charge in [0, 0.05) is 23.6 Å². The number of likely N-dealkylation sites (N-methyl/N-ethyl adjacent to an activating group) is 1. The van der Waals surface area contributed by atoms with Crippen LogP contribution in [0.5, 0.6) is 5.75 Å². The molecule has 0 saturated carbocycles. The summed E-state index contributed by atoms with van der Waals surface area (Å²) in [5.41, 5.74) is 3.97. The molecule has 3 aliphatic rings. The molecule has 10 heteroatoms. The molecule has 0 aliphatic heterocycles. The monoisotopic (exact) mass is 527 g/mol.